The zero-order chi connectivity index (χ0) is 17.5. The summed E-state index contributed by atoms with van der Waals surface area (Å²) in [5.41, 5.74) is 1.82. The molecule has 0 unspecified atom stereocenters. The molecule has 2 aromatic rings. The quantitative estimate of drug-likeness (QED) is 0.752. The van der Waals surface area contributed by atoms with E-state index in [-0.39, 0.29) is 18.3 Å². The molecule has 0 saturated carbocycles. The number of rotatable bonds is 6. The number of hydrogen-bond acceptors (Lipinski definition) is 3. The van der Waals surface area contributed by atoms with Crippen molar-refractivity contribution in [3.05, 3.63) is 63.6 Å². The second kappa shape index (κ2) is 8.71. The Morgan fingerprint density at radius 3 is 2.38 bits per heavy atom. The van der Waals surface area contributed by atoms with E-state index in [1.54, 1.807) is 42.5 Å². The van der Waals surface area contributed by atoms with Crippen molar-refractivity contribution in [2.75, 3.05) is 11.9 Å². The summed E-state index contributed by atoms with van der Waals surface area (Å²) in [6.07, 6.45) is 0.950. The lowest BCUT2D eigenvalue weighted by Gasteiger charge is -2.07. The molecule has 0 saturated heterocycles. The van der Waals surface area contributed by atoms with Gasteiger partial charge in [-0.2, -0.15) is 0 Å². The lowest BCUT2D eigenvalue weighted by molar-refractivity contribution is -0.115. The van der Waals surface area contributed by atoms with Crippen molar-refractivity contribution in [2.24, 2.45) is 0 Å². The van der Waals surface area contributed by atoms with Crippen molar-refractivity contribution < 1.29 is 14.3 Å². The Hall–Kier alpha value is -2.04. The predicted molar refractivity (Wildman–Crippen MR) is 95.8 cm³/mol. The van der Waals surface area contributed by atoms with E-state index < -0.39 is 0 Å². The Morgan fingerprint density at radius 1 is 1.04 bits per heavy atom. The second-order valence-electron chi connectivity index (χ2n) is 5.19. The molecule has 0 radical (unpaired) electrons. The lowest BCUT2D eigenvalue weighted by atomic mass is 10.1. The molecule has 0 spiro atoms. The smallest absolute Gasteiger partial charge is 0.338 e. The van der Waals surface area contributed by atoms with Gasteiger partial charge in [0, 0.05) is 5.69 Å². The average Bonchev–Trinajstić information content (AvgIpc) is 2.56. The molecule has 24 heavy (non-hydrogen) atoms. The first-order valence-electron chi connectivity index (χ1n) is 7.50. The maximum absolute atomic E-state index is 12.1. The third-order valence-electron chi connectivity index (χ3n) is 3.19. The fourth-order valence-corrected chi connectivity index (χ4v) is 2.33. The summed E-state index contributed by atoms with van der Waals surface area (Å²) in [6, 6.07) is 11.6. The molecular weight excluding hydrogens is 349 g/mol. The number of nitrogens with one attached hydrogen (secondary N) is 1. The Bertz CT molecular complexity index is 730. The van der Waals surface area contributed by atoms with Crippen molar-refractivity contribution in [3.8, 4) is 0 Å². The van der Waals surface area contributed by atoms with Gasteiger partial charge in [-0.05, 0) is 48.4 Å². The van der Waals surface area contributed by atoms with Gasteiger partial charge in [0.05, 0.1) is 28.6 Å². The minimum atomic E-state index is -0.370. The first-order valence-corrected chi connectivity index (χ1v) is 8.26. The summed E-state index contributed by atoms with van der Waals surface area (Å²) in [4.78, 5) is 23.8. The average molecular weight is 366 g/mol. The van der Waals surface area contributed by atoms with Crippen LogP contribution in [0.25, 0.3) is 0 Å². The molecular formula is C18H17Cl2NO3. The third kappa shape index (κ3) is 5.25. The molecule has 0 aliphatic rings. The highest BCUT2D eigenvalue weighted by Crippen LogP contribution is 2.23. The Labute approximate surface area is 150 Å². The summed E-state index contributed by atoms with van der Waals surface area (Å²) >= 11 is 11.8. The van der Waals surface area contributed by atoms with Gasteiger partial charge in [-0.15, -0.1) is 0 Å². The fraction of sp³-hybridized carbons (Fsp3) is 0.222. The van der Waals surface area contributed by atoms with Gasteiger partial charge in [0.25, 0.3) is 0 Å². The molecule has 1 amide bonds. The van der Waals surface area contributed by atoms with E-state index in [0.717, 1.165) is 12.0 Å². The van der Waals surface area contributed by atoms with Gasteiger partial charge in [0.2, 0.25) is 5.91 Å². The molecule has 4 nitrogen and oxygen atoms in total. The van der Waals surface area contributed by atoms with E-state index >= 15 is 0 Å². The molecule has 0 heterocycles. The SMILES string of the molecule is CCCOC(=O)c1ccc(NC(=O)Cc2ccc(Cl)c(Cl)c2)cc1. The van der Waals surface area contributed by atoms with Crippen molar-refractivity contribution in [3.63, 3.8) is 0 Å². The number of amides is 1. The number of carbonyl (C=O) groups excluding carboxylic acids is 2. The van der Waals surface area contributed by atoms with Gasteiger partial charge in [0.1, 0.15) is 0 Å². The van der Waals surface area contributed by atoms with Crippen LogP contribution in [0.2, 0.25) is 10.0 Å². The Balaban J connectivity index is 1.94. The molecule has 1 N–H and O–H groups in total. The van der Waals surface area contributed by atoms with E-state index in [0.29, 0.717) is 27.9 Å². The third-order valence-corrected chi connectivity index (χ3v) is 3.93. The van der Waals surface area contributed by atoms with Crippen LogP contribution in [0.5, 0.6) is 0 Å². The van der Waals surface area contributed by atoms with Gasteiger partial charge < -0.3 is 10.1 Å². The number of anilines is 1. The molecule has 0 aliphatic heterocycles. The lowest BCUT2D eigenvalue weighted by Crippen LogP contribution is -2.14. The first kappa shape index (κ1) is 18.3. The van der Waals surface area contributed by atoms with E-state index in [1.165, 1.54) is 0 Å². The topological polar surface area (TPSA) is 55.4 Å². The highest BCUT2D eigenvalue weighted by molar-refractivity contribution is 6.42. The van der Waals surface area contributed by atoms with E-state index in [9.17, 15) is 9.59 Å². The van der Waals surface area contributed by atoms with Gasteiger partial charge in [-0.25, -0.2) is 4.79 Å². The highest BCUT2D eigenvalue weighted by atomic mass is 35.5. The van der Waals surface area contributed by atoms with Crippen LogP contribution in [0.4, 0.5) is 5.69 Å². The molecule has 2 rings (SSSR count). The van der Waals surface area contributed by atoms with Crippen molar-refractivity contribution >= 4 is 40.8 Å². The molecule has 0 bridgehead atoms. The molecule has 0 fully saturated rings. The number of benzene rings is 2. The van der Waals surface area contributed by atoms with E-state index in [1.807, 2.05) is 6.92 Å². The van der Waals surface area contributed by atoms with Crippen LogP contribution in [-0.2, 0) is 16.0 Å². The number of carbonyl (C=O) groups is 2. The minimum Gasteiger partial charge on any atom is -0.462 e. The maximum Gasteiger partial charge on any atom is 0.338 e. The van der Waals surface area contributed by atoms with Crippen LogP contribution in [0.15, 0.2) is 42.5 Å². The predicted octanol–water partition coefficient (Wildman–Crippen LogP) is 4.74. The minimum absolute atomic E-state index is 0.178. The van der Waals surface area contributed by atoms with Gasteiger partial charge in [-0.1, -0.05) is 36.2 Å². The van der Waals surface area contributed by atoms with Crippen LogP contribution < -0.4 is 5.32 Å². The molecule has 0 atom stereocenters. The number of halogens is 2. The monoisotopic (exact) mass is 365 g/mol. The Kier molecular flexibility index (Phi) is 6.64. The van der Waals surface area contributed by atoms with Gasteiger partial charge >= 0.3 is 5.97 Å². The fourth-order valence-electron chi connectivity index (χ4n) is 2.01. The van der Waals surface area contributed by atoms with Crippen molar-refractivity contribution in [2.45, 2.75) is 19.8 Å². The van der Waals surface area contributed by atoms with E-state index in [2.05, 4.69) is 5.32 Å². The standard InChI is InChI=1S/C18H17Cl2NO3/c1-2-9-24-18(23)13-4-6-14(7-5-13)21-17(22)11-12-3-8-15(19)16(20)10-12/h3-8,10H,2,9,11H2,1H3,(H,21,22). The molecule has 0 aromatic heterocycles. The number of hydrogen-bond donors (Lipinski definition) is 1. The van der Waals surface area contributed by atoms with Crippen molar-refractivity contribution in [1.82, 2.24) is 0 Å². The Morgan fingerprint density at radius 2 is 1.75 bits per heavy atom. The largest absolute Gasteiger partial charge is 0.462 e. The summed E-state index contributed by atoms with van der Waals surface area (Å²) < 4.78 is 5.05. The molecule has 0 aliphatic carbocycles. The zero-order valence-corrected chi connectivity index (χ0v) is 14.7. The molecule has 6 heteroatoms. The van der Waals surface area contributed by atoms with Gasteiger partial charge in [0.15, 0.2) is 0 Å². The summed E-state index contributed by atoms with van der Waals surface area (Å²) in [7, 11) is 0. The normalized spacial score (nSPS) is 10.3. The summed E-state index contributed by atoms with van der Waals surface area (Å²) in [5.74, 6) is -0.555. The maximum atomic E-state index is 12.1. The van der Waals surface area contributed by atoms with E-state index in [4.69, 9.17) is 27.9 Å². The second-order valence-corrected chi connectivity index (χ2v) is 6.00. The van der Waals surface area contributed by atoms with Gasteiger partial charge in [-0.3, -0.25) is 4.79 Å². The molecule has 126 valence electrons. The van der Waals surface area contributed by atoms with Crippen molar-refractivity contribution in [1.29, 1.82) is 0 Å². The van der Waals surface area contributed by atoms with Crippen LogP contribution in [0.1, 0.15) is 29.3 Å². The summed E-state index contributed by atoms with van der Waals surface area (Å²) in [6.45, 7) is 2.32. The van der Waals surface area contributed by atoms with Crippen LogP contribution in [0.3, 0.4) is 0 Å². The van der Waals surface area contributed by atoms with Crippen LogP contribution in [0, 0.1) is 0 Å². The zero-order valence-electron chi connectivity index (χ0n) is 13.1. The highest BCUT2D eigenvalue weighted by Gasteiger charge is 2.09. The summed E-state index contributed by atoms with van der Waals surface area (Å²) in [5, 5.41) is 3.63. The number of esters is 1. The molecule has 2 aromatic carbocycles. The first-order chi connectivity index (χ1) is 11.5. The number of ether oxygens (including phenoxy) is 1. The van der Waals surface area contributed by atoms with Crippen LogP contribution >= 0.6 is 23.2 Å². The van der Waals surface area contributed by atoms with Crippen LogP contribution in [-0.4, -0.2) is 18.5 Å².